The lowest BCUT2D eigenvalue weighted by Crippen LogP contribution is -2.27. The zero-order chi connectivity index (χ0) is 19.7. The van der Waals surface area contributed by atoms with E-state index in [0.29, 0.717) is 27.3 Å². The molecule has 0 unspecified atom stereocenters. The number of nitriles is 1. The number of nitrogens with zero attached hydrogens (tertiary/aromatic N) is 3. The van der Waals surface area contributed by atoms with Gasteiger partial charge in [0.2, 0.25) is 5.91 Å². The summed E-state index contributed by atoms with van der Waals surface area (Å²) in [7, 11) is 0. The number of carbonyl (C=O) groups is 1. The van der Waals surface area contributed by atoms with Gasteiger partial charge in [-0.05, 0) is 30.5 Å². The number of thiazole rings is 1. The molecule has 4 aromatic rings. The molecular weight excluding hydrogens is 392 g/mol. The van der Waals surface area contributed by atoms with Crippen LogP contribution in [0.15, 0.2) is 51.4 Å². The average Bonchev–Trinajstić information content (AvgIpc) is 3.33. The van der Waals surface area contributed by atoms with Gasteiger partial charge >= 0.3 is 0 Å². The van der Waals surface area contributed by atoms with Crippen molar-refractivity contribution in [3.05, 3.63) is 68.1 Å². The predicted molar refractivity (Wildman–Crippen MR) is 112 cm³/mol. The minimum atomic E-state index is -0.335. The summed E-state index contributed by atoms with van der Waals surface area (Å²) in [4.78, 5) is 29.3. The zero-order valence-corrected chi connectivity index (χ0v) is 16.4. The second kappa shape index (κ2) is 7.38. The van der Waals surface area contributed by atoms with Crippen LogP contribution in [-0.4, -0.2) is 15.5 Å². The van der Waals surface area contributed by atoms with E-state index < -0.39 is 0 Å². The van der Waals surface area contributed by atoms with Gasteiger partial charge in [0, 0.05) is 16.8 Å². The second-order valence-corrected chi connectivity index (χ2v) is 7.81. The van der Waals surface area contributed by atoms with Crippen molar-refractivity contribution in [2.24, 2.45) is 0 Å². The molecule has 0 atom stereocenters. The Morgan fingerprint density at radius 1 is 1.29 bits per heavy atom. The van der Waals surface area contributed by atoms with Crippen molar-refractivity contribution in [2.45, 2.75) is 13.5 Å². The van der Waals surface area contributed by atoms with Crippen molar-refractivity contribution in [3.63, 3.8) is 0 Å². The van der Waals surface area contributed by atoms with Crippen molar-refractivity contribution < 1.29 is 4.79 Å². The number of carbonyl (C=O) groups excluding carboxylic acids is 1. The minimum Gasteiger partial charge on any atom is -0.316 e. The number of aryl methyl sites for hydroxylation is 1. The van der Waals surface area contributed by atoms with Gasteiger partial charge in [-0.1, -0.05) is 11.6 Å². The van der Waals surface area contributed by atoms with Crippen molar-refractivity contribution in [1.82, 2.24) is 9.55 Å². The number of pyridine rings is 1. The maximum atomic E-state index is 12.7. The molecule has 0 aliphatic rings. The number of hydrogen-bond acceptors (Lipinski definition) is 6. The number of aromatic nitrogens is 2. The van der Waals surface area contributed by atoms with Gasteiger partial charge in [-0.2, -0.15) is 5.26 Å². The first kappa shape index (κ1) is 18.1. The van der Waals surface area contributed by atoms with E-state index in [1.165, 1.54) is 33.3 Å². The summed E-state index contributed by atoms with van der Waals surface area (Å²) in [5, 5.41) is 17.2. The van der Waals surface area contributed by atoms with Crippen LogP contribution in [0.4, 0.5) is 5.00 Å². The third-order valence-electron chi connectivity index (χ3n) is 4.30. The van der Waals surface area contributed by atoms with Gasteiger partial charge < -0.3 is 5.32 Å². The van der Waals surface area contributed by atoms with Gasteiger partial charge in [-0.25, -0.2) is 4.98 Å². The van der Waals surface area contributed by atoms with Crippen LogP contribution in [0.1, 0.15) is 11.1 Å². The third-order valence-corrected chi connectivity index (χ3v) is 5.78. The van der Waals surface area contributed by atoms with Crippen molar-refractivity contribution in [1.29, 1.82) is 5.26 Å². The Morgan fingerprint density at radius 3 is 2.89 bits per heavy atom. The Balaban J connectivity index is 1.66. The topological polar surface area (TPSA) is 87.8 Å². The molecule has 3 aromatic heterocycles. The van der Waals surface area contributed by atoms with Gasteiger partial charge in [0.05, 0.1) is 27.8 Å². The molecular formula is C20H14N4O2S2. The number of rotatable bonds is 4. The van der Waals surface area contributed by atoms with Crippen LogP contribution < -0.4 is 10.9 Å². The number of nitrogens with one attached hydrogen (secondary N) is 1. The highest BCUT2D eigenvalue weighted by atomic mass is 32.1. The van der Waals surface area contributed by atoms with E-state index in [0.717, 1.165) is 10.9 Å². The monoisotopic (exact) mass is 406 g/mol. The van der Waals surface area contributed by atoms with Gasteiger partial charge in [-0.15, -0.1) is 22.7 Å². The van der Waals surface area contributed by atoms with Crippen molar-refractivity contribution in [2.75, 3.05) is 5.32 Å². The maximum absolute atomic E-state index is 12.7. The molecule has 0 aliphatic heterocycles. The fourth-order valence-electron chi connectivity index (χ4n) is 3.02. The molecule has 0 radical (unpaired) electrons. The van der Waals surface area contributed by atoms with Crippen LogP contribution in [0.2, 0.25) is 0 Å². The van der Waals surface area contributed by atoms with Crippen molar-refractivity contribution >= 4 is 44.5 Å². The summed E-state index contributed by atoms with van der Waals surface area (Å²) in [6.45, 7) is 1.86. The zero-order valence-electron chi connectivity index (χ0n) is 14.8. The molecule has 0 saturated heterocycles. The first-order valence-electron chi connectivity index (χ1n) is 8.37. The SMILES string of the molecule is Cc1ccc2c(ccc(=O)n2CC(=O)Nc2scc(C#N)c2-c2cscn2)c1. The van der Waals surface area contributed by atoms with E-state index in [2.05, 4.69) is 16.4 Å². The molecule has 8 heteroatoms. The molecule has 0 fully saturated rings. The Bertz CT molecular complexity index is 1280. The number of fused-ring (bicyclic) bond motifs is 1. The van der Waals surface area contributed by atoms with Crippen molar-refractivity contribution in [3.8, 4) is 17.3 Å². The Morgan fingerprint density at radius 2 is 2.14 bits per heavy atom. The molecule has 4 rings (SSSR count). The fraction of sp³-hybridized carbons (Fsp3) is 0.100. The molecule has 0 saturated carbocycles. The molecule has 0 bridgehead atoms. The molecule has 138 valence electrons. The molecule has 28 heavy (non-hydrogen) atoms. The molecule has 3 heterocycles. The number of thiophene rings is 1. The summed E-state index contributed by atoms with van der Waals surface area (Å²) in [6.07, 6.45) is 0. The van der Waals surface area contributed by atoms with Crippen LogP contribution in [0.25, 0.3) is 22.2 Å². The maximum Gasteiger partial charge on any atom is 0.251 e. The normalized spacial score (nSPS) is 10.7. The standard InChI is InChI=1S/C20H14N4O2S2/c1-12-2-4-16-13(6-12)3-5-18(26)24(16)8-17(25)23-20-19(14(7-21)9-28-20)15-10-27-11-22-15/h2-6,9-11H,8H2,1H3,(H,23,25). The number of hydrogen-bond donors (Lipinski definition) is 1. The van der Waals surface area contributed by atoms with E-state index in [1.807, 2.05) is 30.5 Å². The second-order valence-electron chi connectivity index (χ2n) is 6.21. The predicted octanol–water partition coefficient (Wildman–Crippen LogP) is 4.01. The first-order chi connectivity index (χ1) is 13.6. The highest BCUT2D eigenvalue weighted by Gasteiger charge is 2.18. The lowest BCUT2D eigenvalue weighted by molar-refractivity contribution is -0.116. The number of anilines is 1. The summed E-state index contributed by atoms with van der Waals surface area (Å²) in [5.41, 5.74) is 4.95. The van der Waals surface area contributed by atoms with E-state index in [4.69, 9.17) is 0 Å². The highest BCUT2D eigenvalue weighted by Crippen LogP contribution is 2.36. The van der Waals surface area contributed by atoms with E-state index in [1.54, 1.807) is 17.0 Å². The summed E-state index contributed by atoms with van der Waals surface area (Å²) >= 11 is 2.69. The Labute approximate surface area is 168 Å². The molecule has 0 aliphatic carbocycles. The number of amides is 1. The fourth-order valence-corrected chi connectivity index (χ4v) is 4.47. The quantitative estimate of drug-likeness (QED) is 0.555. The van der Waals surface area contributed by atoms with E-state index in [9.17, 15) is 14.9 Å². The smallest absolute Gasteiger partial charge is 0.251 e. The third kappa shape index (κ3) is 3.33. The van der Waals surface area contributed by atoms with Gasteiger partial charge in [0.15, 0.2) is 0 Å². The van der Waals surface area contributed by atoms with Crippen LogP contribution in [-0.2, 0) is 11.3 Å². The average molecular weight is 406 g/mol. The minimum absolute atomic E-state index is 0.116. The Kier molecular flexibility index (Phi) is 4.77. The summed E-state index contributed by atoms with van der Waals surface area (Å²) < 4.78 is 1.45. The van der Waals surface area contributed by atoms with Crippen LogP contribution >= 0.6 is 22.7 Å². The molecule has 1 amide bonds. The van der Waals surface area contributed by atoms with E-state index >= 15 is 0 Å². The number of benzene rings is 1. The van der Waals surface area contributed by atoms with Gasteiger partial charge in [0.25, 0.3) is 5.56 Å². The summed E-state index contributed by atoms with van der Waals surface area (Å²) in [6, 6.07) is 11.1. The van der Waals surface area contributed by atoms with Gasteiger partial charge in [-0.3, -0.25) is 14.2 Å². The van der Waals surface area contributed by atoms with E-state index in [-0.39, 0.29) is 18.0 Å². The lowest BCUT2D eigenvalue weighted by Gasteiger charge is -2.11. The lowest BCUT2D eigenvalue weighted by atomic mass is 10.1. The van der Waals surface area contributed by atoms with Crippen LogP contribution in [0.5, 0.6) is 0 Å². The highest BCUT2D eigenvalue weighted by molar-refractivity contribution is 7.15. The Hall–Kier alpha value is -3.28. The summed E-state index contributed by atoms with van der Waals surface area (Å²) in [5.74, 6) is -0.335. The molecule has 6 nitrogen and oxygen atoms in total. The van der Waals surface area contributed by atoms with Gasteiger partial charge in [0.1, 0.15) is 17.6 Å². The molecule has 1 N–H and O–H groups in total. The van der Waals surface area contributed by atoms with Crippen LogP contribution in [0, 0.1) is 18.3 Å². The molecule has 1 aromatic carbocycles. The van der Waals surface area contributed by atoms with Crippen LogP contribution in [0.3, 0.4) is 0 Å². The molecule has 0 spiro atoms. The largest absolute Gasteiger partial charge is 0.316 e. The first-order valence-corrected chi connectivity index (χ1v) is 10.2.